The maximum atomic E-state index is 13.1. The first-order valence-electron chi connectivity index (χ1n) is 8.29. The Kier molecular flexibility index (Phi) is 5.70. The molecule has 1 aromatic carbocycles. The summed E-state index contributed by atoms with van der Waals surface area (Å²) in [6, 6.07) is 5.63. The molecule has 2 N–H and O–H groups in total. The van der Waals surface area contributed by atoms with Crippen molar-refractivity contribution >= 4 is 28.8 Å². The van der Waals surface area contributed by atoms with Crippen LogP contribution in [0.4, 0.5) is 10.1 Å². The van der Waals surface area contributed by atoms with E-state index < -0.39 is 11.7 Å². The van der Waals surface area contributed by atoms with Crippen molar-refractivity contribution in [3.8, 4) is 0 Å². The van der Waals surface area contributed by atoms with Crippen LogP contribution in [-0.4, -0.2) is 22.0 Å². The van der Waals surface area contributed by atoms with Gasteiger partial charge in [0.2, 0.25) is 10.9 Å². The van der Waals surface area contributed by atoms with Gasteiger partial charge in [0, 0.05) is 11.6 Å². The van der Waals surface area contributed by atoms with Gasteiger partial charge in [-0.3, -0.25) is 9.59 Å². The van der Waals surface area contributed by atoms with Crippen molar-refractivity contribution < 1.29 is 14.0 Å². The maximum absolute atomic E-state index is 13.1. The van der Waals surface area contributed by atoms with Crippen LogP contribution in [0.3, 0.4) is 0 Å². The molecular weight excluding hydrogens is 343 g/mol. The molecule has 1 fully saturated rings. The highest BCUT2D eigenvalue weighted by Gasteiger charge is 2.21. The average molecular weight is 362 g/mol. The lowest BCUT2D eigenvalue weighted by Gasteiger charge is -2.20. The predicted octanol–water partition coefficient (Wildman–Crippen LogP) is 3.13. The summed E-state index contributed by atoms with van der Waals surface area (Å²) in [5.74, 6) is -0.757. The first-order chi connectivity index (χ1) is 12.1. The fourth-order valence-corrected chi connectivity index (χ4v) is 3.51. The van der Waals surface area contributed by atoms with Gasteiger partial charge in [-0.1, -0.05) is 36.7 Å². The molecule has 1 aliphatic carbocycles. The molecule has 1 aliphatic rings. The number of benzene rings is 1. The number of nitrogens with one attached hydrogen (secondary N) is 2. The SMILES string of the molecule is O=C(Nc1cccc(F)c1)c1nnc(CNC(=O)C2CCCCC2)s1. The van der Waals surface area contributed by atoms with E-state index in [1.807, 2.05) is 0 Å². The van der Waals surface area contributed by atoms with Gasteiger partial charge in [0.25, 0.3) is 5.91 Å². The lowest BCUT2D eigenvalue weighted by Crippen LogP contribution is -2.31. The van der Waals surface area contributed by atoms with Crippen molar-refractivity contribution in [2.75, 3.05) is 5.32 Å². The summed E-state index contributed by atoms with van der Waals surface area (Å²) in [7, 11) is 0. The number of hydrogen-bond acceptors (Lipinski definition) is 5. The van der Waals surface area contributed by atoms with Crippen LogP contribution in [0.5, 0.6) is 0 Å². The molecule has 8 heteroatoms. The third-order valence-corrected chi connectivity index (χ3v) is 5.06. The van der Waals surface area contributed by atoms with Crippen LogP contribution >= 0.6 is 11.3 Å². The highest BCUT2D eigenvalue weighted by molar-refractivity contribution is 7.13. The fourth-order valence-electron chi connectivity index (χ4n) is 2.84. The Morgan fingerprint density at radius 3 is 2.76 bits per heavy atom. The number of rotatable bonds is 5. The third kappa shape index (κ3) is 4.82. The van der Waals surface area contributed by atoms with Crippen molar-refractivity contribution in [2.24, 2.45) is 5.92 Å². The van der Waals surface area contributed by atoms with E-state index in [0.717, 1.165) is 37.0 Å². The number of carbonyl (C=O) groups is 2. The van der Waals surface area contributed by atoms with Gasteiger partial charge in [-0.05, 0) is 31.0 Å². The number of halogens is 1. The van der Waals surface area contributed by atoms with Crippen LogP contribution in [0.1, 0.15) is 46.9 Å². The molecule has 1 saturated carbocycles. The summed E-state index contributed by atoms with van der Waals surface area (Å²) >= 11 is 1.11. The lowest BCUT2D eigenvalue weighted by atomic mass is 9.89. The number of nitrogens with zero attached hydrogens (tertiary/aromatic N) is 2. The molecule has 2 amide bonds. The van der Waals surface area contributed by atoms with E-state index in [0.29, 0.717) is 10.7 Å². The Bertz CT molecular complexity index is 759. The molecule has 6 nitrogen and oxygen atoms in total. The Morgan fingerprint density at radius 2 is 2.00 bits per heavy atom. The number of anilines is 1. The van der Waals surface area contributed by atoms with Crippen LogP contribution < -0.4 is 10.6 Å². The molecule has 0 radical (unpaired) electrons. The van der Waals surface area contributed by atoms with E-state index >= 15 is 0 Å². The van der Waals surface area contributed by atoms with Crippen LogP contribution in [0.15, 0.2) is 24.3 Å². The zero-order valence-corrected chi connectivity index (χ0v) is 14.4. The van der Waals surface area contributed by atoms with Crippen LogP contribution in [-0.2, 0) is 11.3 Å². The first kappa shape index (κ1) is 17.5. The van der Waals surface area contributed by atoms with Crippen LogP contribution in [0, 0.1) is 11.7 Å². The van der Waals surface area contributed by atoms with Crippen molar-refractivity contribution in [3.05, 3.63) is 40.1 Å². The zero-order chi connectivity index (χ0) is 17.6. The predicted molar refractivity (Wildman–Crippen MR) is 92.7 cm³/mol. The molecule has 1 aromatic heterocycles. The van der Waals surface area contributed by atoms with E-state index in [2.05, 4.69) is 20.8 Å². The molecule has 132 valence electrons. The third-order valence-electron chi connectivity index (χ3n) is 4.13. The van der Waals surface area contributed by atoms with E-state index in [1.165, 1.54) is 24.6 Å². The number of carbonyl (C=O) groups excluding carboxylic acids is 2. The van der Waals surface area contributed by atoms with E-state index in [1.54, 1.807) is 6.07 Å². The molecule has 0 bridgehead atoms. The second-order valence-corrected chi connectivity index (χ2v) is 7.08. The van der Waals surface area contributed by atoms with Crippen molar-refractivity contribution in [3.63, 3.8) is 0 Å². The van der Waals surface area contributed by atoms with Crippen molar-refractivity contribution in [1.82, 2.24) is 15.5 Å². The maximum Gasteiger partial charge on any atom is 0.286 e. The molecule has 3 rings (SSSR count). The second kappa shape index (κ2) is 8.15. The quantitative estimate of drug-likeness (QED) is 0.856. The van der Waals surface area contributed by atoms with E-state index in [-0.39, 0.29) is 23.4 Å². The molecule has 0 aliphatic heterocycles. The molecule has 0 spiro atoms. The van der Waals surface area contributed by atoms with Gasteiger partial charge in [0.05, 0.1) is 6.54 Å². The van der Waals surface area contributed by atoms with Crippen molar-refractivity contribution in [2.45, 2.75) is 38.6 Å². The molecular formula is C17H19FN4O2S. The lowest BCUT2D eigenvalue weighted by molar-refractivity contribution is -0.126. The highest BCUT2D eigenvalue weighted by Crippen LogP contribution is 2.23. The van der Waals surface area contributed by atoms with Gasteiger partial charge in [-0.15, -0.1) is 10.2 Å². The summed E-state index contributed by atoms with van der Waals surface area (Å²) in [6.07, 6.45) is 5.26. The molecule has 25 heavy (non-hydrogen) atoms. The monoisotopic (exact) mass is 362 g/mol. The number of amides is 2. The Balaban J connectivity index is 1.53. The van der Waals surface area contributed by atoms with Crippen LogP contribution in [0.25, 0.3) is 0 Å². The van der Waals surface area contributed by atoms with Gasteiger partial charge >= 0.3 is 0 Å². The largest absolute Gasteiger partial charge is 0.349 e. The summed E-state index contributed by atoms with van der Waals surface area (Å²) in [4.78, 5) is 24.2. The van der Waals surface area contributed by atoms with Gasteiger partial charge in [0.1, 0.15) is 10.8 Å². The normalized spacial score (nSPS) is 14.9. The second-order valence-electron chi connectivity index (χ2n) is 6.02. The van der Waals surface area contributed by atoms with E-state index in [4.69, 9.17) is 0 Å². The Hall–Kier alpha value is -2.35. The number of hydrogen-bond donors (Lipinski definition) is 2. The molecule has 0 atom stereocenters. The summed E-state index contributed by atoms with van der Waals surface area (Å²) < 4.78 is 13.1. The summed E-state index contributed by atoms with van der Waals surface area (Å²) in [5, 5.41) is 13.9. The van der Waals surface area contributed by atoms with Gasteiger partial charge in [-0.2, -0.15) is 0 Å². The summed E-state index contributed by atoms with van der Waals surface area (Å²) in [5.41, 5.74) is 0.354. The molecule has 0 unspecified atom stereocenters. The van der Waals surface area contributed by atoms with Gasteiger partial charge in [0.15, 0.2) is 0 Å². The Morgan fingerprint density at radius 1 is 1.20 bits per heavy atom. The highest BCUT2D eigenvalue weighted by atomic mass is 32.1. The fraction of sp³-hybridized carbons (Fsp3) is 0.412. The van der Waals surface area contributed by atoms with E-state index in [9.17, 15) is 14.0 Å². The van der Waals surface area contributed by atoms with Gasteiger partial charge in [-0.25, -0.2) is 4.39 Å². The minimum atomic E-state index is -0.451. The molecule has 2 aromatic rings. The smallest absolute Gasteiger partial charge is 0.286 e. The summed E-state index contributed by atoms with van der Waals surface area (Å²) in [6.45, 7) is 0.264. The Labute approximate surface area is 148 Å². The molecule has 0 saturated heterocycles. The first-order valence-corrected chi connectivity index (χ1v) is 9.10. The topological polar surface area (TPSA) is 84.0 Å². The standard InChI is InChI=1S/C17H19FN4O2S/c18-12-7-4-8-13(9-12)20-16(24)17-22-21-14(25-17)10-19-15(23)11-5-2-1-3-6-11/h4,7-9,11H,1-3,5-6,10H2,(H,19,23)(H,20,24). The zero-order valence-electron chi connectivity index (χ0n) is 13.6. The van der Waals surface area contributed by atoms with Crippen molar-refractivity contribution in [1.29, 1.82) is 0 Å². The molecule has 1 heterocycles. The average Bonchev–Trinajstić information content (AvgIpc) is 3.09. The van der Waals surface area contributed by atoms with Crippen LogP contribution in [0.2, 0.25) is 0 Å². The van der Waals surface area contributed by atoms with Gasteiger partial charge < -0.3 is 10.6 Å². The minimum Gasteiger partial charge on any atom is -0.349 e. The minimum absolute atomic E-state index is 0.0423. The number of aromatic nitrogens is 2.